The predicted octanol–water partition coefficient (Wildman–Crippen LogP) is 3.15. The Kier molecular flexibility index (Phi) is 6.11. The van der Waals surface area contributed by atoms with Crippen molar-refractivity contribution in [2.45, 2.75) is 37.5 Å². The highest BCUT2D eigenvalue weighted by atomic mass is 19.4. The number of pyridine rings is 1. The minimum absolute atomic E-state index is 0.121. The number of aromatic nitrogens is 1. The van der Waals surface area contributed by atoms with Crippen LogP contribution >= 0.6 is 0 Å². The Bertz CT molecular complexity index is 977. The minimum atomic E-state index is -4.46. The van der Waals surface area contributed by atoms with Crippen LogP contribution in [0.25, 0.3) is 10.9 Å². The number of benzene rings is 1. The molecule has 6 nitrogen and oxygen atoms in total. The predicted molar refractivity (Wildman–Crippen MR) is 110 cm³/mol. The highest BCUT2D eigenvalue weighted by molar-refractivity contribution is 5.94. The molecule has 11 heteroatoms. The van der Waals surface area contributed by atoms with Gasteiger partial charge in [-0.1, -0.05) is 6.07 Å². The fourth-order valence-electron chi connectivity index (χ4n) is 4.45. The number of anilines is 1. The van der Waals surface area contributed by atoms with Gasteiger partial charge in [0.1, 0.15) is 0 Å². The number of carbonyl (C=O) groups is 1. The molecule has 0 bridgehead atoms. The van der Waals surface area contributed by atoms with E-state index < -0.39 is 49.6 Å². The van der Waals surface area contributed by atoms with Gasteiger partial charge >= 0.3 is 12.2 Å². The molecule has 0 aliphatic carbocycles. The van der Waals surface area contributed by atoms with Crippen molar-refractivity contribution in [2.24, 2.45) is 11.7 Å². The molecule has 174 valence electrons. The quantitative estimate of drug-likeness (QED) is 0.695. The van der Waals surface area contributed by atoms with Crippen LogP contribution in [0.1, 0.15) is 12.0 Å². The number of amides is 2. The number of halogens is 5. The summed E-state index contributed by atoms with van der Waals surface area (Å²) in [5.74, 6) is -1.68. The standard InChI is InChI=1S/C21H24F5N5O/c22-16-10-31(11-17(16)23)20(32)29-14-6-13(21(24,25)26)8-30(9-14)18-4-3-12(7-27)19-15(18)2-1-5-28-19/h1-5,13-14,16-17H,6-11,27H2,(H,29,32)/t13?,14-,16-,17+/m1/s1. The van der Waals surface area contributed by atoms with Crippen LogP contribution < -0.4 is 16.0 Å². The van der Waals surface area contributed by atoms with Crippen molar-refractivity contribution in [3.05, 3.63) is 36.0 Å². The van der Waals surface area contributed by atoms with Gasteiger partial charge in [-0.3, -0.25) is 4.98 Å². The van der Waals surface area contributed by atoms with Crippen LogP contribution in [0.15, 0.2) is 30.5 Å². The highest BCUT2D eigenvalue weighted by Gasteiger charge is 2.45. The molecule has 0 saturated carbocycles. The first-order valence-corrected chi connectivity index (χ1v) is 10.4. The molecule has 3 heterocycles. The van der Waals surface area contributed by atoms with E-state index in [1.165, 1.54) is 0 Å². The average Bonchev–Trinajstić information content (AvgIpc) is 3.10. The van der Waals surface area contributed by atoms with Crippen LogP contribution in [0.4, 0.5) is 32.4 Å². The molecule has 4 atom stereocenters. The first kappa shape index (κ1) is 22.5. The van der Waals surface area contributed by atoms with Gasteiger partial charge < -0.3 is 20.9 Å². The lowest BCUT2D eigenvalue weighted by molar-refractivity contribution is -0.177. The van der Waals surface area contributed by atoms with E-state index in [2.05, 4.69) is 10.3 Å². The number of urea groups is 1. The van der Waals surface area contributed by atoms with Crippen molar-refractivity contribution in [1.82, 2.24) is 15.2 Å². The monoisotopic (exact) mass is 457 g/mol. The number of nitrogens with zero attached hydrogens (tertiary/aromatic N) is 3. The topological polar surface area (TPSA) is 74.5 Å². The number of piperidine rings is 1. The maximum Gasteiger partial charge on any atom is 0.393 e. The zero-order chi connectivity index (χ0) is 23.0. The van der Waals surface area contributed by atoms with E-state index in [1.54, 1.807) is 35.4 Å². The van der Waals surface area contributed by atoms with Crippen molar-refractivity contribution in [2.75, 3.05) is 31.1 Å². The Hall–Kier alpha value is -2.69. The van der Waals surface area contributed by atoms with Crippen LogP contribution in [0.3, 0.4) is 0 Å². The third-order valence-corrected chi connectivity index (χ3v) is 6.10. The minimum Gasteiger partial charge on any atom is -0.368 e. The van der Waals surface area contributed by atoms with Gasteiger partial charge in [0, 0.05) is 42.9 Å². The van der Waals surface area contributed by atoms with Crippen LogP contribution in [-0.4, -0.2) is 66.7 Å². The zero-order valence-electron chi connectivity index (χ0n) is 17.2. The van der Waals surface area contributed by atoms with Gasteiger partial charge in [0.15, 0.2) is 12.3 Å². The second kappa shape index (κ2) is 8.68. The molecule has 2 aliphatic heterocycles. The Labute approximate surface area is 181 Å². The summed E-state index contributed by atoms with van der Waals surface area (Å²) in [6.07, 6.45) is -6.75. The summed E-state index contributed by atoms with van der Waals surface area (Å²) in [4.78, 5) is 19.3. The maximum atomic E-state index is 13.7. The third kappa shape index (κ3) is 4.43. The van der Waals surface area contributed by atoms with Crippen molar-refractivity contribution < 1.29 is 26.7 Å². The summed E-state index contributed by atoms with van der Waals surface area (Å²) in [6.45, 7) is -0.745. The first-order valence-electron chi connectivity index (χ1n) is 10.4. The zero-order valence-corrected chi connectivity index (χ0v) is 17.2. The van der Waals surface area contributed by atoms with Crippen LogP contribution in [0.5, 0.6) is 0 Å². The number of nitrogens with one attached hydrogen (secondary N) is 1. The summed E-state index contributed by atoms with van der Waals surface area (Å²) in [5.41, 5.74) is 7.72. The number of carbonyl (C=O) groups excluding carboxylic acids is 1. The molecule has 4 rings (SSSR count). The largest absolute Gasteiger partial charge is 0.393 e. The van der Waals surface area contributed by atoms with Gasteiger partial charge in [-0.05, 0) is 30.2 Å². The fraction of sp³-hybridized carbons (Fsp3) is 0.524. The number of likely N-dealkylation sites (tertiary alicyclic amines) is 1. The molecule has 0 radical (unpaired) electrons. The van der Waals surface area contributed by atoms with E-state index in [0.717, 1.165) is 10.5 Å². The Morgan fingerprint density at radius 3 is 2.50 bits per heavy atom. The van der Waals surface area contributed by atoms with E-state index >= 15 is 0 Å². The first-order chi connectivity index (χ1) is 15.2. The average molecular weight is 457 g/mol. The van der Waals surface area contributed by atoms with Crippen molar-refractivity contribution in [3.8, 4) is 0 Å². The Morgan fingerprint density at radius 1 is 1.12 bits per heavy atom. The van der Waals surface area contributed by atoms with Gasteiger partial charge in [-0.15, -0.1) is 0 Å². The van der Waals surface area contributed by atoms with E-state index in [9.17, 15) is 26.7 Å². The lowest BCUT2D eigenvalue weighted by Crippen LogP contribution is -2.56. The molecule has 32 heavy (non-hydrogen) atoms. The molecule has 2 amide bonds. The summed E-state index contributed by atoms with van der Waals surface area (Å²) < 4.78 is 68.0. The van der Waals surface area contributed by atoms with Gasteiger partial charge in [-0.2, -0.15) is 13.2 Å². The van der Waals surface area contributed by atoms with Gasteiger partial charge in [-0.25, -0.2) is 13.6 Å². The number of rotatable bonds is 3. The van der Waals surface area contributed by atoms with Crippen molar-refractivity contribution in [3.63, 3.8) is 0 Å². The smallest absolute Gasteiger partial charge is 0.368 e. The fourth-order valence-corrected chi connectivity index (χ4v) is 4.45. The summed E-state index contributed by atoms with van der Waals surface area (Å²) in [7, 11) is 0. The second-order valence-corrected chi connectivity index (χ2v) is 8.31. The number of nitrogens with two attached hydrogens (primary N) is 1. The van der Waals surface area contributed by atoms with Crippen molar-refractivity contribution in [1.29, 1.82) is 0 Å². The normalized spacial score (nSPS) is 26.6. The molecule has 2 saturated heterocycles. The number of hydrogen-bond acceptors (Lipinski definition) is 4. The molecular weight excluding hydrogens is 433 g/mol. The van der Waals surface area contributed by atoms with E-state index in [-0.39, 0.29) is 26.1 Å². The molecule has 2 aliphatic rings. The van der Waals surface area contributed by atoms with E-state index in [1.807, 2.05) is 0 Å². The SMILES string of the molecule is NCc1ccc(N2CC(C(F)(F)F)C[C@@H](NC(=O)N3C[C@@H](F)[C@@H](F)C3)C2)c2cccnc12. The summed E-state index contributed by atoms with van der Waals surface area (Å²) >= 11 is 0. The number of fused-ring (bicyclic) bond motifs is 1. The lowest BCUT2D eigenvalue weighted by atomic mass is 9.92. The molecule has 1 unspecified atom stereocenters. The third-order valence-electron chi connectivity index (χ3n) is 6.10. The van der Waals surface area contributed by atoms with Gasteiger partial charge in [0.05, 0.1) is 24.5 Å². The molecule has 2 aromatic rings. The van der Waals surface area contributed by atoms with Crippen LogP contribution in [-0.2, 0) is 6.54 Å². The molecule has 0 spiro atoms. The maximum absolute atomic E-state index is 13.7. The van der Waals surface area contributed by atoms with Crippen molar-refractivity contribution >= 4 is 22.6 Å². The van der Waals surface area contributed by atoms with Gasteiger partial charge in [0.25, 0.3) is 0 Å². The highest BCUT2D eigenvalue weighted by Crippen LogP contribution is 2.37. The molecular formula is C21H24F5N5O. The van der Waals surface area contributed by atoms with E-state index in [0.29, 0.717) is 16.6 Å². The number of hydrogen-bond donors (Lipinski definition) is 2. The molecule has 3 N–H and O–H groups in total. The summed E-state index contributed by atoms with van der Waals surface area (Å²) in [5, 5.41) is 3.22. The Morgan fingerprint density at radius 2 is 1.84 bits per heavy atom. The molecule has 1 aromatic carbocycles. The Balaban J connectivity index is 1.60. The van der Waals surface area contributed by atoms with E-state index in [4.69, 9.17) is 5.73 Å². The number of alkyl halides is 5. The van der Waals surface area contributed by atoms with Crippen LogP contribution in [0.2, 0.25) is 0 Å². The summed E-state index contributed by atoms with van der Waals surface area (Å²) in [6, 6.07) is 5.32. The second-order valence-electron chi connectivity index (χ2n) is 8.31. The lowest BCUT2D eigenvalue weighted by Gasteiger charge is -2.40. The van der Waals surface area contributed by atoms with Gasteiger partial charge in [0.2, 0.25) is 0 Å². The molecule has 2 fully saturated rings. The van der Waals surface area contributed by atoms with Crippen LogP contribution in [0, 0.1) is 5.92 Å². The molecule has 1 aromatic heterocycles.